The van der Waals surface area contributed by atoms with Crippen molar-refractivity contribution >= 4 is 17.7 Å². The van der Waals surface area contributed by atoms with Crippen LogP contribution in [-0.4, -0.2) is 26.4 Å². The molecule has 1 unspecified atom stereocenters. The molecule has 0 saturated carbocycles. The molecule has 3 rings (SSSR count). The predicted octanol–water partition coefficient (Wildman–Crippen LogP) is 3.97. The van der Waals surface area contributed by atoms with E-state index in [1.54, 1.807) is 6.26 Å². The maximum atomic E-state index is 12.3. The van der Waals surface area contributed by atoms with E-state index in [4.69, 9.17) is 4.42 Å². The summed E-state index contributed by atoms with van der Waals surface area (Å²) in [5.74, 6) is 1.77. The highest BCUT2D eigenvalue weighted by molar-refractivity contribution is 7.99. The van der Waals surface area contributed by atoms with Crippen LogP contribution in [0.2, 0.25) is 0 Å². The first-order valence-electron chi connectivity index (χ1n) is 8.80. The van der Waals surface area contributed by atoms with Gasteiger partial charge in [-0.25, -0.2) is 0 Å². The molecule has 2 heterocycles. The molecule has 0 aliphatic rings. The van der Waals surface area contributed by atoms with E-state index in [1.165, 1.54) is 22.9 Å². The zero-order valence-electron chi connectivity index (χ0n) is 16.2. The van der Waals surface area contributed by atoms with Crippen molar-refractivity contribution < 1.29 is 9.21 Å². The highest BCUT2D eigenvalue weighted by atomic mass is 32.2. The van der Waals surface area contributed by atoms with Crippen LogP contribution in [0.1, 0.15) is 35.4 Å². The topological polar surface area (TPSA) is 73.0 Å². The van der Waals surface area contributed by atoms with Gasteiger partial charge >= 0.3 is 0 Å². The van der Waals surface area contributed by atoms with E-state index in [9.17, 15) is 4.79 Å². The van der Waals surface area contributed by atoms with E-state index < -0.39 is 0 Å². The zero-order chi connectivity index (χ0) is 19.6. The van der Waals surface area contributed by atoms with Crippen LogP contribution in [0.5, 0.6) is 0 Å². The third kappa shape index (κ3) is 4.24. The molecule has 7 heteroatoms. The average Bonchev–Trinajstić information content (AvgIpc) is 3.20. The fraction of sp³-hybridized carbons (Fsp3) is 0.350. The number of amides is 1. The number of aromatic nitrogens is 3. The first-order chi connectivity index (χ1) is 12.9. The van der Waals surface area contributed by atoms with Crippen molar-refractivity contribution in [2.45, 2.75) is 38.9 Å². The lowest BCUT2D eigenvalue weighted by Crippen LogP contribution is -2.28. The standard InChI is InChI=1S/C20H24N4O2S/c1-12-6-7-16(10-13(12)2)14(3)21-18(25)11-27-20-23-22-19(24(20)5)17-8-9-26-15(17)4/h6-10,14H,11H2,1-5H3,(H,21,25). The minimum Gasteiger partial charge on any atom is -0.469 e. The van der Waals surface area contributed by atoms with Crippen LogP contribution in [0.4, 0.5) is 0 Å². The Hall–Kier alpha value is -2.54. The normalized spacial score (nSPS) is 12.2. The molecule has 0 saturated heterocycles. The predicted molar refractivity (Wildman–Crippen MR) is 107 cm³/mol. The van der Waals surface area contributed by atoms with Crippen molar-refractivity contribution in [1.82, 2.24) is 20.1 Å². The second-order valence-corrected chi connectivity index (χ2v) is 7.62. The van der Waals surface area contributed by atoms with Crippen molar-refractivity contribution in [2.24, 2.45) is 7.05 Å². The Labute approximate surface area is 163 Å². The second kappa shape index (κ2) is 8.00. The Morgan fingerprint density at radius 1 is 1.22 bits per heavy atom. The monoisotopic (exact) mass is 384 g/mol. The lowest BCUT2D eigenvalue weighted by atomic mass is 10.0. The number of benzene rings is 1. The van der Waals surface area contributed by atoms with Gasteiger partial charge in [-0.2, -0.15) is 0 Å². The molecule has 6 nitrogen and oxygen atoms in total. The summed E-state index contributed by atoms with van der Waals surface area (Å²) in [5.41, 5.74) is 4.49. The van der Waals surface area contributed by atoms with Crippen LogP contribution in [-0.2, 0) is 11.8 Å². The van der Waals surface area contributed by atoms with E-state index in [0.717, 1.165) is 22.7 Å². The van der Waals surface area contributed by atoms with E-state index in [1.807, 2.05) is 31.5 Å². The Balaban J connectivity index is 1.60. The number of thioether (sulfide) groups is 1. The highest BCUT2D eigenvalue weighted by Gasteiger charge is 2.16. The molecule has 1 atom stereocenters. The van der Waals surface area contributed by atoms with Crippen molar-refractivity contribution in [1.29, 1.82) is 0 Å². The summed E-state index contributed by atoms with van der Waals surface area (Å²) in [6.45, 7) is 8.04. The minimum atomic E-state index is -0.0407. The summed E-state index contributed by atoms with van der Waals surface area (Å²) < 4.78 is 7.21. The van der Waals surface area contributed by atoms with E-state index >= 15 is 0 Å². The number of carbonyl (C=O) groups is 1. The molecule has 2 aromatic heterocycles. The van der Waals surface area contributed by atoms with Crippen LogP contribution >= 0.6 is 11.8 Å². The van der Waals surface area contributed by atoms with E-state index in [-0.39, 0.29) is 17.7 Å². The van der Waals surface area contributed by atoms with Gasteiger partial charge in [0.2, 0.25) is 5.91 Å². The molecule has 0 aliphatic heterocycles. The summed E-state index contributed by atoms with van der Waals surface area (Å²) in [7, 11) is 1.89. The third-order valence-corrected chi connectivity index (χ3v) is 5.70. The van der Waals surface area contributed by atoms with Gasteiger partial charge in [0.05, 0.1) is 23.6 Å². The molecule has 142 valence electrons. The summed E-state index contributed by atoms with van der Waals surface area (Å²) in [6, 6.07) is 8.09. The van der Waals surface area contributed by atoms with Crippen molar-refractivity contribution in [3.8, 4) is 11.4 Å². The Kier molecular flexibility index (Phi) is 5.70. The first-order valence-corrected chi connectivity index (χ1v) is 9.78. The molecule has 0 fully saturated rings. The fourth-order valence-corrected chi connectivity index (χ4v) is 3.54. The highest BCUT2D eigenvalue weighted by Crippen LogP contribution is 2.26. The molecule has 0 spiro atoms. The van der Waals surface area contributed by atoms with E-state index in [0.29, 0.717) is 5.16 Å². The van der Waals surface area contributed by atoms with Crippen molar-refractivity contribution in [3.63, 3.8) is 0 Å². The Morgan fingerprint density at radius 2 is 2.00 bits per heavy atom. The molecule has 3 aromatic rings. The summed E-state index contributed by atoms with van der Waals surface area (Å²) in [5, 5.41) is 12.2. The van der Waals surface area contributed by atoms with Crippen LogP contribution < -0.4 is 5.32 Å². The number of aryl methyl sites for hydroxylation is 3. The number of furan rings is 1. The summed E-state index contributed by atoms with van der Waals surface area (Å²) >= 11 is 1.37. The molecular weight excluding hydrogens is 360 g/mol. The molecule has 1 N–H and O–H groups in total. The van der Waals surface area contributed by atoms with Crippen molar-refractivity contribution in [3.05, 3.63) is 53.0 Å². The molecule has 1 aromatic carbocycles. The number of rotatable bonds is 6. The number of nitrogens with one attached hydrogen (secondary N) is 1. The smallest absolute Gasteiger partial charge is 0.230 e. The Morgan fingerprint density at radius 3 is 2.67 bits per heavy atom. The number of hydrogen-bond donors (Lipinski definition) is 1. The molecule has 0 aliphatic carbocycles. The van der Waals surface area contributed by atoms with Gasteiger partial charge in [0.25, 0.3) is 0 Å². The van der Waals surface area contributed by atoms with Crippen LogP contribution in [0.25, 0.3) is 11.4 Å². The maximum absolute atomic E-state index is 12.3. The average molecular weight is 385 g/mol. The van der Waals surface area contributed by atoms with E-state index in [2.05, 4.69) is 47.6 Å². The largest absolute Gasteiger partial charge is 0.469 e. The molecular formula is C20H24N4O2S. The third-order valence-electron chi connectivity index (χ3n) is 4.68. The molecule has 1 amide bonds. The zero-order valence-corrected chi connectivity index (χ0v) is 17.1. The van der Waals surface area contributed by atoms with Crippen molar-refractivity contribution in [2.75, 3.05) is 5.75 Å². The lowest BCUT2D eigenvalue weighted by Gasteiger charge is -2.15. The summed E-state index contributed by atoms with van der Waals surface area (Å²) in [6.07, 6.45) is 1.63. The van der Waals surface area contributed by atoms with Gasteiger partial charge in [0, 0.05) is 7.05 Å². The van der Waals surface area contributed by atoms with Gasteiger partial charge in [-0.05, 0) is 50.5 Å². The summed E-state index contributed by atoms with van der Waals surface area (Å²) in [4.78, 5) is 12.3. The SMILES string of the molecule is Cc1ccc(C(C)NC(=O)CSc2nnc(-c3ccoc3C)n2C)cc1C. The van der Waals surface area contributed by atoms with Gasteiger partial charge < -0.3 is 14.3 Å². The fourth-order valence-electron chi connectivity index (χ4n) is 2.82. The maximum Gasteiger partial charge on any atom is 0.230 e. The molecule has 27 heavy (non-hydrogen) atoms. The number of hydrogen-bond acceptors (Lipinski definition) is 5. The van der Waals surface area contributed by atoms with Gasteiger partial charge in [0.15, 0.2) is 11.0 Å². The van der Waals surface area contributed by atoms with Crippen LogP contribution in [0.15, 0.2) is 40.1 Å². The first kappa shape index (κ1) is 19.2. The number of carbonyl (C=O) groups excluding carboxylic acids is 1. The molecule has 0 bridgehead atoms. The van der Waals surface area contributed by atoms with Crippen LogP contribution in [0.3, 0.4) is 0 Å². The lowest BCUT2D eigenvalue weighted by molar-refractivity contribution is -0.119. The second-order valence-electron chi connectivity index (χ2n) is 6.68. The van der Waals surface area contributed by atoms with Gasteiger partial charge in [-0.3, -0.25) is 4.79 Å². The molecule has 0 radical (unpaired) electrons. The van der Waals surface area contributed by atoms with Gasteiger partial charge in [-0.1, -0.05) is 30.0 Å². The number of nitrogens with zero attached hydrogens (tertiary/aromatic N) is 3. The van der Waals surface area contributed by atoms with Crippen LogP contribution in [0, 0.1) is 20.8 Å². The quantitative estimate of drug-likeness (QED) is 0.651. The van der Waals surface area contributed by atoms with Gasteiger partial charge in [-0.15, -0.1) is 10.2 Å². The minimum absolute atomic E-state index is 0.0326. The Bertz CT molecular complexity index is 961. The van der Waals surface area contributed by atoms with Gasteiger partial charge in [0.1, 0.15) is 5.76 Å².